The largest absolute Gasteiger partial charge is 0.497 e. The van der Waals surface area contributed by atoms with Gasteiger partial charge >= 0.3 is 0 Å². The first kappa shape index (κ1) is 23.2. The summed E-state index contributed by atoms with van der Waals surface area (Å²) in [7, 11) is 5.12. The number of guanidine groups is 1. The van der Waals surface area contributed by atoms with Gasteiger partial charge in [0.15, 0.2) is 17.5 Å². The average molecular weight is 441 g/mol. The van der Waals surface area contributed by atoms with Crippen molar-refractivity contribution < 1.29 is 19.0 Å². The van der Waals surface area contributed by atoms with Crippen LogP contribution in [0.25, 0.3) is 0 Å². The molecule has 0 aliphatic carbocycles. The Bertz CT molecular complexity index is 913. The number of para-hydroxylation sites is 1. The Balaban J connectivity index is 1.66. The third kappa shape index (κ3) is 6.80. The second kappa shape index (κ2) is 11.8. The third-order valence-electron chi connectivity index (χ3n) is 5.03. The van der Waals surface area contributed by atoms with Crippen LogP contribution in [0, 0.1) is 0 Å². The Morgan fingerprint density at radius 1 is 1.09 bits per heavy atom. The number of fused-ring (bicyclic) bond motifs is 1. The number of aliphatic imine (C=N–C) groups is 1. The van der Waals surface area contributed by atoms with Gasteiger partial charge in [-0.3, -0.25) is 4.79 Å². The van der Waals surface area contributed by atoms with E-state index in [0.717, 1.165) is 35.7 Å². The van der Waals surface area contributed by atoms with Crippen LogP contribution in [0.5, 0.6) is 17.2 Å². The molecule has 1 aliphatic heterocycles. The molecule has 172 valence electrons. The summed E-state index contributed by atoms with van der Waals surface area (Å²) in [5.41, 5.74) is 2.13. The fourth-order valence-electron chi connectivity index (χ4n) is 3.15. The summed E-state index contributed by atoms with van der Waals surface area (Å²) >= 11 is 0. The summed E-state index contributed by atoms with van der Waals surface area (Å²) in [5, 5.41) is 6.44. The van der Waals surface area contributed by atoms with E-state index < -0.39 is 0 Å². The Labute approximate surface area is 189 Å². The van der Waals surface area contributed by atoms with Crippen LogP contribution in [-0.4, -0.2) is 64.3 Å². The van der Waals surface area contributed by atoms with E-state index in [1.165, 1.54) is 5.56 Å². The highest BCUT2D eigenvalue weighted by Crippen LogP contribution is 2.33. The van der Waals surface area contributed by atoms with Crippen LogP contribution in [-0.2, 0) is 17.8 Å². The van der Waals surface area contributed by atoms with Gasteiger partial charge in [0.2, 0.25) is 5.91 Å². The van der Waals surface area contributed by atoms with E-state index in [1.807, 2.05) is 42.5 Å². The smallest absolute Gasteiger partial charge is 0.241 e. The van der Waals surface area contributed by atoms with Crippen molar-refractivity contribution in [1.82, 2.24) is 15.5 Å². The standard InChI is InChI=1S/C24H32N4O4/c1-28(2)22(29)17-27-24(25-13-12-18-8-10-20(30-3)11-9-18)26-16-19-6-4-7-21-23(19)32-15-5-14-31-21/h4,6-11H,5,12-17H2,1-3H3,(H2,25,26,27). The molecule has 0 saturated carbocycles. The number of likely N-dealkylation sites (N-methyl/N-ethyl adjacent to an activating group) is 1. The summed E-state index contributed by atoms with van der Waals surface area (Å²) in [6.45, 7) is 2.50. The molecule has 32 heavy (non-hydrogen) atoms. The lowest BCUT2D eigenvalue weighted by atomic mass is 10.1. The lowest BCUT2D eigenvalue weighted by Gasteiger charge is -2.16. The molecule has 0 bridgehead atoms. The molecule has 3 rings (SSSR count). The quantitative estimate of drug-likeness (QED) is 0.484. The second-order valence-electron chi connectivity index (χ2n) is 7.63. The van der Waals surface area contributed by atoms with Gasteiger partial charge in [-0.2, -0.15) is 0 Å². The molecule has 0 saturated heterocycles. The third-order valence-corrected chi connectivity index (χ3v) is 5.03. The average Bonchev–Trinajstić information content (AvgIpc) is 3.06. The molecule has 2 aromatic carbocycles. The molecule has 1 aliphatic rings. The molecule has 0 fully saturated rings. The number of hydrogen-bond donors (Lipinski definition) is 2. The minimum atomic E-state index is -0.0278. The molecule has 0 spiro atoms. The first-order chi connectivity index (χ1) is 15.6. The van der Waals surface area contributed by atoms with Gasteiger partial charge in [0, 0.05) is 32.6 Å². The zero-order valence-corrected chi connectivity index (χ0v) is 19.0. The van der Waals surface area contributed by atoms with Gasteiger partial charge in [-0.15, -0.1) is 0 Å². The monoisotopic (exact) mass is 440 g/mol. The van der Waals surface area contributed by atoms with Crippen molar-refractivity contribution in [3.8, 4) is 17.2 Å². The molecule has 1 heterocycles. The van der Waals surface area contributed by atoms with Crippen molar-refractivity contribution in [3.05, 3.63) is 53.6 Å². The predicted octanol–water partition coefficient (Wildman–Crippen LogP) is 2.22. The SMILES string of the molecule is COc1ccc(CCNC(=NCc2cccc3c2OCCCO3)NCC(=O)N(C)C)cc1. The minimum absolute atomic E-state index is 0.0278. The molecule has 8 heteroatoms. The van der Waals surface area contributed by atoms with Crippen LogP contribution in [0.4, 0.5) is 0 Å². The van der Waals surface area contributed by atoms with Gasteiger partial charge in [0.05, 0.1) is 33.4 Å². The van der Waals surface area contributed by atoms with Gasteiger partial charge < -0.3 is 29.7 Å². The number of nitrogens with one attached hydrogen (secondary N) is 2. The second-order valence-corrected chi connectivity index (χ2v) is 7.63. The van der Waals surface area contributed by atoms with Gasteiger partial charge in [-0.25, -0.2) is 4.99 Å². The van der Waals surface area contributed by atoms with Crippen LogP contribution in [0.3, 0.4) is 0 Å². The fourth-order valence-corrected chi connectivity index (χ4v) is 3.15. The molecule has 0 aromatic heterocycles. The Morgan fingerprint density at radius 3 is 2.62 bits per heavy atom. The van der Waals surface area contributed by atoms with Gasteiger partial charge in [-0.05, 0) is 30.2 Å². The van der Waals surface area contributed by atoms with Gasteiger partial charge in [0.1, 0.15) is 5.75 Å². The molecule has 8 nitrogen and oxygen atoms in total. The van der Waals surface area contributed by atoms with E-state index in [4.69, 9.17) is 19.2 Å². The van der Waals surface area contributed by atoms with Crippen LogP contribution in [0.1, 0.15) is 17.5 Å². The topological polar surface area (TPSA) is 84.4 Å². The number of rotatable bonds is 8. The maximum atomic E-state index is 12.0. The zero-order valence-electron chi connectivity index (χ0n) is 19.0. The fraction of sp³-hybridized carbons (Fsp3) is 0.417. The molecule has 0 atom stereocenters. The Morgan fingerprint density at radius 2 is 1.88 bits per heavy atom. The molecule has 0 unspecified atom stereocenters. The lowest BCUT2D eigenvalue weighted by Crippen LogP contribution is -2.43. The van der Waals surface area contributed by atoms with E-state index in [-0.39, 0.29) is 12.5 Å². The maximum Gasteiger partial charge on any atom is 0.241 e. The highest BCUT2D eigenvalue weighted by atomic mass is 16.5. The molecule has 1 amide bonds. The lowest BCUT2D eigenvalue weighted by molar-refractivity contribution is -0.127. The molecular weight excluding hydrogens is 408 g/mol. The van der Waals surface area contributed by atoms with Crippen molar-refractivity contribution in [2.45, 2.75) is 19.4 Å². The number of amides is 1. The van der Waals surface area contributed by atoms with E-state index in [9.17, 15) is 4.79 Å². The summed E-state index contributed by atoms with van der Waals surface area (Å²) in [6.07, 6.45) is 1.66. The number of carbonyl (C=O) groups is 1. The molecule has 2 N–H and O–H groups in total. The Hall–Kier alpha value is -3.42. The summed E-state index contributed by atoms with van der Waals surface area (Å²) in [5.74, 6) is 2.87. The normalized spacial score (nSPS) is 13.2. The van der Waals surface area contributed by atoms with E-state index in [0.29, 0.717) is 32.3 Å². The van der Waals surface area contributed by atoms with Gasteiger partial charge in [0.25, 0.3) is 0 Å². The van der Waals surface area contributed by atoms with E-state index in [1.54, 1.807) is 26.1 Å². The van der Waals surface area contributed by atoms with Crippen molar-refractivity contribution in [1.29, 1.82) is 0 Å². The number of methoxy groups -OCH3 is 1. The molecule has 0 radical (unpaired) electrons. The first-order valence-electron chi connectivity index (χ1n) is 10.8. The van der Waals surface area contributed by atoms with Crippen molar-refractivity contribution in [2.75, 3.05) is 47.5 Å². The van der Waals surface area contributed by atoms with Gasteiger partial charge in [-0.1, -0.05) is 24.3 Å². The van der Waals surface area contributed by atoms with Crippen molar-refractivity contribution in [3.63, 3.8) is 0 Å². The maximum absolute atomic E-state index is 12.0. The number of nitrogens with zero attached hydrogens (tertiary/aromatic N) is 2. The van der Waals surface area contributed by atoms with E-state index in [2.05, 4.69) is 10.6 Å². The number of hydrogen-bond acceptors (Lipinski definition) is 5. The summed E-state index contributed by atoms with van der Waals surface area (Å²) in [6, 6.07) is 13.8. The number of ether oxygens (including phenoxy) is 3. The van der Waals surface area contributed by atoms with Crippen LogP contribution in [0.2, 0.25) is 0 Å². The Kier molecular flexibility index (Phi) is 8.60. The first-order valence-corrected chi connectivity index (χ1v) is 10.8. The van der Waals surface area contributed by atoms with Crippen molar-refractivity contribution >= 4 is 11.9 Å². The highest BCUT2D eigenvalue weighted by molar-refractivity contribution is 5.86. The van der Waals surface area contributed by atoms with Crippen LogP contribution >= 0.6 is 0 Å². The zero-order chi connectivity index (χ0) is 22.8. The molecular formula is C24H32N4O4. The summed E-state index contributed by atoms with van der Waals surface area (Å²) < 4.78 is 16.9. The van der Waals surface area contributed by atoms with Crippen LogP contribution < -0.4 is 24.8 Å². The van der Waals surface area contributed by atoms with Crippen LogP contribution in [0.15, 0.2) is 47.5 Å². The number of benzene rings is 2. The highest BCUT2D eigenvalue weighted by Gasteiger charge is 2.14. The molecule has 2 aromatic rings. The minimum Gasteiger partial charge on any atom is -0.497 e. The van der Waals surface area contributed by atoms with Crippen molar-refractivity contribution in [2.24, 2.45) is 4.99 Å². The predicted molar refractivity (Wildman–Crippen MR) is 125 cm³/mol. The summed E-state index contributed by atoms with van der Waals surface area (Å²) in [4.78, 5) is 18.3. The van der Waals surface area contributed by atoms with E-state index >= 15 is 0 Å². The number of carbonyl (C=O) groups excluding carboxylic acids is 1.